The van der Waals surface area contributed by atoms with Crippen LogP contribution < -0.4 is 5.56 Å². The maximum atomic E-state index is 12.4. The van der Waals surface area contributed by atoms with E-state index in [2.05, 4.69) is 22.6 Å². The Labute approximate surface area is 158 Å². The number of aromatic nitrogens is 1. The van der Waals surface area contributed by atoms with E-state index in [-0.39, 0.29) is 31.2 Å². The molecule has 5 nitrogen and oxygen atoms in total. The Balaban J connectivity index is 2.38. The minimum Gasteiger partial charge on any atom is -0.394 e. The highest BCUT2D eigenvalue weighted by atomic mass is 127. The number of Topliss-reactive ketones (excluding diaryl/α,β-unsaturated/α-hetero) is 1. The fourth-order valence-corrected chi connectivity index (χ4v) is 3.22. The molecule has 1 heterocycles. The van der Waals surface area contributed by atoms with Crippen LogP contribution in [-0.4, -0.2) is 35.3 Å². The van der Waals surface area contributed by atoms with Crippen LogP contribution in [0.5, 0.6) is 0 Å². The van der Waals surface area contributed by atoms with Crippen LogP contribution >= 0.6 is 34.2 Å². The van der Waals surface area contributed by atoms with Gasteiger partial charge in [0, 0.05) is 39.4 Å². The third-order valence-corrected chi connectivity index (χ3v) is 4.60. The van der Waals surface area contributed by atoms with Crippen molar-refractivity contribution in [1.29, 1.82) is 0 Å². The van der Waals surface area contributed by atoms with Gasteiger partial charge in [0.15, 0.2) is 5.78 Å². The Kier molecular flexibility index (Phi) is 6.97. The molecule has 0 radical (unpaired) electrons. The van der Waals surface area contributed by atoms with E-state index in [1.165, 1.54) is 16.7 Å². The molecule has 2 aromatic rings. The summed E-state index contributed by atoms with van der Waals surface area (Å²) in [5, 5.41) is 9.33. The first-order valence-electron chi connectivity index (χ1n) is 7.28. The van der Waals surface area contributed by atoms with Crippen LogP contribution in [0.4, 0.5) is 0 Å². The number of hydrogen-bond acceptors (Lipinski definition) is 4. The number of benzene rings is 1. The Morgan fingerprint density at radius 3 is 2.75 bits per heavy atom. The van der Waals surface area contributed by atoms with Crippen molar-refractivity contribution in [3.63, 3.8) is 0 Å². The third kappa shape index (κ3) is 4.66. The van der Waals surface area contributed by atoms with Gasteiger partial charge in [-0.3, -0.25) is 9.59 Å². The van der Waals surface area contributed by atoms with Crippen LogP contribution in [0.15, 0.2) is 35.1 Å². The number of nitrogens with zero attached hydrogens (tertiary/aromatic N) is 1. The molecule has 24 heavy (non-hydrogen) atoms. The van der Waals surface area contributed by atoms with Crippen LogP contribution in [0.25, 0.3) is 0 Å². The molecular weight excluding hydrogens is 445 g/mol. The van der Waals surface area contributed by atoms with Crippen molar-refractivity contribution in [3.8, 4) is 0 Å². The quantitative estimate of drug-likeness (QED) is 0.391. The lowest BCUT2D eigenvalue weighted by molar-refractivity contribution is 0.0662. The SMILES string of the molecule is Cn1c(Cc2ccc(I)cc2Cl)c(C(=O)COCCO)ccc1=O. The van der Waals surface area contributed by atoms with Crippen molar-refractivity contribution in [2.24, 2.45) is 7.05 Å². The second kappa shape index (κ2) is 8.75. The minimum atomic E-state index is -0.240. The van der Waals surface area contributed by atoms with Gasteiger partial charge in [0.05, 0.1) is 13.2 Å². The summed E-state index contributed by atoms with van der Waals surface area (Å²) in [4.78, 5) is 24.3. The number of ether oxygens (including phenoxy) is 1. The fourth-order valence-electron chi connectivity index (χ4n) is 2.30. The molecule has 2 rings (SSSR count). The van der Waals surface area contributed by atoms with E-state index in [4.69, 9.17) is 21.4 Å². The van der Waals surface area contributed by atoms with Crippen LogP contribution in [0, 0.1) is 3.57 Å². The molecule has 7 heteroatoms. The number of hydrogen-bond donors (Lipinski definition) is 1. The van der Waals surface area contributed by atoms with Crippen LogP contribution in [0.1, 0.15) is 21.6 Å². The number of halogens is 2. The van der Waals surface area contributed by atoms with E-state index in [1.54, 1.807) is 7.05 Å². The van der Waals surface area contributed by atoms with Crippen LogP contribution in [0.3, 0.4) is 0 Å². The molecule has 0 atom stereocenters. The highest BCUT2D eigenvalue weighted by molar-refractivity contribution is 14.1. The number of pyridine rings is 1. The summed E-state index contributed by atoms with van der Waals surface area (Å²) in [7, 11) is 1.63. The molecule has 128 valence electrons. The summed E-state index contributed by atoms with van der Waals surface area (Å²) in [6.07, 6.45) is 0.364. The zero-order chi connectivity index (χ0) is 17.7. The first kappa shape index (κ1) is 19.1. The predicted molar refractivity (Wildman–Crippen MR) is 101 cm³/mol. The summed E-state index contributed by atoms with van der Waals surface area (Å²) in [6.45, 7) is -0.201. The molecule has 0 aliphatic carbocycles. The second-order valence-corrected chi connectivity index (χ2v) is 6.86. The van der Waals surface area contributed by atoms with Crippen molar-refractivity contribution >= 4 is 40.0 Å². The number of ketones is 1. The molecule has 0 saturated carbocycles. The fraction of sp³-hybridized carbons (Fsp3) is 0.294. The molecule has 0 amide bonds. The van der Waals surface area contributed by atoms with Gasteiger partial charge in [-0.2, -0.15) is 0 Å². The zero-order valence-corrected chi connectivity index (χ0v) is 16.0. The number of carbonyl (C=O) groups excluding carboxylic acids is 1. The van der Waals surface area contributed by atoms with Crippen LogP contribution in [0.2, 0.25) is 5.02 Å². The largest absolute Gasteiger partial charge is 0.394 e. The molecule has 1 aromatic carbocycles. The highest BCUT2D eigenvalue weighted by Crippen LogP contribution is 2.23. The zero-order valence-electron chi connectivity index (χ0n) is 13.1. The van der Waals surface area contributed by atoms with Crippen molar-refractivity contribution in [2.75, 3.05) is 19.8 Å². The molecule has 1 aromatic heterocycles. The Bertz CT molecular complexity index is 804. The molecule has 0 unspecified atom stereocenters. The van der Waals surface area contributed by atoms with Gasteiger partial charge in [0.2, 0.25) is 0 Å². The summed E-state index contributed by atoms with van der Waals surface area (Å²) in [6, 6.07) is 8.53. The van der Waals surface area contributed by atoms with Crippen molar-refractivity contribution in [1.82, 2.24) is 4.57 Å². The van der Waals surface area contributed by atoms with Crippen molar-refractivity contribution in [2.45, 2.75) is 6.42 Å². The summed E-state index contributed by atoms with van der Waals surface area (Å²) >= 11 is 8.45. The molecule has 0 fully saturated rings. The summed E-state index contributed by atoms with van der Waals surface area (Å²) in [5.74, 6) is -0.240. The number of aliphatic hydroxyl groups is 1. The number of aliphatic hydroxyl groups excluding tert-OH is 1. The second-order valence-electron chi connectivity index (χ2n) is 5.20. The minimum absolute atomic E-state index is 0.0930. The maximum Gasteiger partial charge on any atom is 0.250 e. The van der Waals surface area contributed by atoms with Crippen molar-refractivity contribution < 1.29 is 14.6 Å². The molecule has 0 spiro atoms. The number of carbonyl (C=O) groups is 1. The van der Waals surface area contributed by atoms with Crippen LogP contribution in [-0.2, 0) is 18.2 Å². The molecule has 1 N–H and O–H groups in total. The topological polar surface area (TPSA) is 68.5 Å². The standard InChI is InChI=1S/C17H17ClINO4/c1-20-15(8-11-2-3-12(19)9-14(11)18)13(4-5-17(20)23)16(22)10-24-7-6-21/h2-5,9,21H,6-8,10H2,1H3. The Morgan fingerprint density at radius 2 is 2.08 bits per heavy atom. The smallest absolute Gasteiger partial charge is 0.250 e. The molecule has 0 aliphatic heterocycles. The first-order chi connectivity index (χ1) is 11.4. The van der Waals surface area contributed by atoms with Gasteiger partial charge in [-0.1, -0.05) is 17.7 Å². The molecule has 0 saturated heterocycles. The monoisotopic (exact) mass is 461 g/mol. The van der Waals surface area contributed by atoms with E-state index >= 15 is 0 Å². The lowest BCUT2D eigenvalue weighted by atomic mass is 10.0. The van der Waals surface area contributed by atoms with Crippen molar-refractivity contribution in [3.05, 3.63) is 66.1 Å². The Hall–Kier alpha value is -1.22. The normalized spacial score (nSPS) is 10.8. The molecular formula is C17H17ClINO4. The third-order valence-electron chi connectivity index (χ3n) is 3.58. The van der Waals surface area contributed by atoms with Gasteiger partial charge in [-0.25, -0.2) is 0 Å². The van der Waals surface area contributed by atoms with Gasteiger partial charge in [-0.15, -0.1) is 0 Å². The average molecular weight is 462 g/mol. The van der Waals surface area contributed by atoms with E-state index in [1.807, 2.05) is 18.2 Å². The first-order valence-corrected chi connectivity index (χ1v) is 8.74. The molecule has 0 bridgehead atoms. The number of rotatable bonds is 7. The Morgan fingerprint density at radius 1 is 1.33 bits per heavy atom. The average Bonchev–Trinajstić information content (AvgIpc) is 2.54. The lowest BCUT2D eigenvalue weighted by Crippen LogP contribution is -2.24. The van der Waals surface area contributed by atoms with E-state index in [0.717, 1.165) is 9.13 Å². The summed E-state index contributed by atoms with van der Waals surface area (Å²) in [5.41, 5.74) is 1.65. The highest BCUT2D eigenvalue weighted by Gasteiger charge is 2.16. The maximum absolute atomic E-state index is 12.4. The van der Waals surface area contributed by atoms with Gasteiger partial charge in [-0.05, 0) is 46.4 Å². The van der Waals surface area contributed by atoms with Gasteiger partial charge >= 0.3 is 0 Å². The summed E-state index contributed by atoms with van der Waals surface area (Å²) < 4.78 is 7.56. The predicted octanol–water partition coefficient (Wildman–Crippen LogP) is 2.43. The van der Waals surface area contributed by atoms with Gasteiger partial charge in [0.1, 0.15) is 6.61 Å². The van der Waals surface area contributed by atoms with E-state index < -0.39 is 0 Å². The van der Waals surface area contributed by atoms with E-state index in [0.29, 0.717) is 22.7 Å². The van der Waals surface area contributed by atoms with E-state index in [9.17, 15) is 9.59 Å². The molecule has 0 aliphatic rings. The van der Waals surface area contributed by atoms with Gasteiger partial charge in [0.25, 0.3) is 5.56 Å². The lowest BCUT2D eigenvalue weighted by Gasteiger charge is -2.14. The van der Waals surface area contributed by atoms with Gasteiger partial charge < -0.3 is 14.4 Å².